The van der Waals surface area contributed by atoms with E-state index in [1.54, 1.807) is 15.2 Å². The molecule has 136 valence electrons. The minimum absolute atomic E-state index is 0.0878. The van der Waals surface area contributed by atoms with Crippen molar-refractivity contribution in [3.05, 3.63) is 36.5 Å². The summed E-state index contributed by atoms with van der Waals surface area (Å²) in [5.74, 6) is 0. The van der Waals surface area contributed by atoms with Gasteiger partial charge in [-0.1, -0.05) is 43.7 Å². The summed E-state index contributed by atoms with van der Waals surface area (Å²) in [6.45, 7) is 6.68. The summed E-state index contributed by atoms with van der Waals surface area (Å²) in [6, 6.07) is 9.78. The Bertz CT molecular complexity index is 812. The summed E-state index contributed by atoms with van der Waals surface area (Å²) in [4.78, 5) is 0.327. The second-order valence-corrected chi connectivity index (χ2v) is 8.81. The quantitative estimate of drug-likeness (QED) is 0.806. The zero-order valence-corrected chi connectivity index (χ0v) is 16.0. The summed E-state index contributed by atoms with van der Waals surface area (Å²) in [7, 11) is -3.56. The van der Waals surface area contributed by atoms with Crippen molar-refractivity contribution in [1.82, 2.24) is 14.1 Å². The molecule has 0 saturated carbocycles. The van der Waals surface area contributed by atoms with E-state index >= 15 is 0 Å². The van der Waals surface area contributed by atoms with Gasteiger partial charge in [-0.2, -0.15) is 9.40 Å². The van der Waals surface area contributed by atoms with E-state index in [1.807, 2.05) is 44.2 Å². The monoisotopic (exact) mass is 361 g/mol. The van der Waals surface area contributed by atoms with E-state index < -0.39 is 10.0 Å². The molecule has 0 N–H and O–H groups in total. The van der Waals surface area contributed by atoms with Crippen molar-refractivity contribution < 1.29 is 8.42 Å². The topological polar surface area (TPSA) is 55.2 Å². The van der Waals surface area contributed by atoms with E-state index in [4.69, 9.17) is 0 Å². The third kappa shape index (κ3) is 3.51. The second-order valence-electron chi connectivity index (χ2n) is 6.96. The molecule has 1 aromatic carbocycles. The fourth-order valence-corrected chi connectivity index (χ4v) is 5.36. The van der Waals surface area contributed by atoms with Gasteiger partial charge in [-0.3, -0.25) is 4.68 Å². The van der Waals surface area contributed by atoms with Crippen molar-refractivity contribution in [2.75, 3.05) is 6.54 Å². The van der Waals surface area contributed by atoms with Crippen molar-refractivity contribution in [1.29, 1.82) is 0 Å². The number of piperidine rings is 1. The van der Waals surface area contributed by atoms with Crippen LogP contribution >= 0.6 is 0 Å². The predicted octanol–water partition coefficient (Wildman–Crippen LogP) is 4.08. The zero-order valence-electron chi connectivity index (χ0n) is 15.2. The molecule has 1 aliphatic heterocycles. The van der Waals surface area contributed by atoms with Crippen molar-refractivity contribution >= 4 is 10.0 Å². The maximum atomic E-state index is 13.5. The summed E-state index contributed by atoms with van der Waals surface area (Å²) in [5.41, 5.74) is 1.39. The van der Waals surface area contributed by atoms with Gasteiger partial charge in [0.25, 0.3) is 0 Å². The standard InChI is InChI=1S/C19H27N3O2S/c1-4-17-12-8-9-13-22(17)25(23,24)18-14-21(15(2)3)20-19(18)16-10-6-5-7-11-16/h5-7,10-11,14-15,17H,4,8-9,12-13H2,1-3H3. The fraction of sp³-hybridized carbons (Fsp3) is 0.526. The SMILES string of the molecule is CCC1CCCCN1S(=O)(=O)c1cn(C(C)C)nc1-c1ccccc1. The molecular formula is C19H27N3O2S. The molecule has 2 aromatic rings. The number of benzene rings is 1. The van der Waals surface area contributed by atoms with Crippen LogP contribution in [0.15, 0.2) is 41.4 Å². The Morgan fingerprint density at radius 3 is 2.56 bits per heavy atom. The molecule has 0 radical (unpaired) electrons. The lowest BCUT2D eigenvalue weighted by molar-refractivity contribution is 0.246. The van der Waals surface area contributed by atoms with Gasteiger partial charge < -0.3 is 0 Å². The van der Waals surface area contributed by atoms with Crippen LogP contribution in [-0.4, -0.2) is 35.1 Å². The van der Waals surface area contributed by atoms with Crippen LogP contribution in [0.3, 0.4) is 0 Å². The third-order valence-electron chi connectivity index (χ3n) is 4.91. The normalized spacial score (nSPS) is 19.4. The smallest absolute Gasteiger partial charge is 0.247 e. The van der Waals surface area contributed by atoms with Gasteiger partial charge in [-0.05, 0) is 33.1 Å². The summed E-state index contributed by atoms with van der Waals surface area (Å²) in [6.07, 6.45) is 5.51. The molecule has 6 heteroatoms. The average molecular weight is 362 g/mol. The van der Waals surface area contributed by atoms with E-state index in [9.17, 15) is 8.42 Å². The van der Waals surface area contributed by atoms with Crippen molar-refractivity contribution in [3.8, 4) is 11.3 Å². The molecule has 1 saturated heterocycles. The molecular weight excluding hydrogens is 334 g/mol. The van der Waals surface area contributed by atoms with Gasteiger partial charge in [0, 0.05) is 30.4 Å². The van der Waals surface area contributed by atoms with Crippen LogP contribution in [0.1, 0.15) is 52.5 Å². The van der Waals surface area contributed by atoms with Crippen LogP contribution in [0.25, 0.3) is 11.3 Å². The highest BCUT2D eigenvalue weighted by Gasteiger charge is 2.35. The highest BCUT2D eigenvalue weighted by Crippen LogP contribution is 2.33. The van der Waals surface area contributed by atoms with E-state index in [0.29, 0.717) is 17.1 Å². The van der Waals surface area contributed by atoms with E-state index in [1.165, 1.54) is 0 Å². The number of sulfonamides is 1. The molecule has 1 unspecified atom stereocenters. The van der Waals surface area contributed by atoms with Crippen LogP contribution in [0.5, 0.6) is 0 Å². The van der Waals surface area contributed by atoms with Crippen molar-refractivity contribution in [2.45, 2.75) is 63.4 Å². The summed E-state index contributed by atoms with van der Waals surface area (Å²) in [5, 5.41) is 4.60. The third-order valence-corrected chi connectivity index (χ3v) is 6.86. The molecule has 3 rings (SSSR count). The summed E-state index contributed by atoms with van der Waals surface area (Å²) < 4.78 is 30.4. The first-order valence-electron chi connectivity index (χ1n) is 9.11. The van der Waals surface area contributed by atoms with Gasteiger partial charge in [0.15, 0.2) is 0 Å². The lowest BCUT2D eigenvalue weighted by Gasteiger charge is -2.33. The van der Waals surface area contributed by atoms with E-state index in [0.717, 1.165) is 31.2 Å². The van der Waals surface area contributed by atoms with Crippen LogP contribution in [0, 0.1) is 0 Å². The Hall–Kier alpha value is -1.66. The first kappa shape index (κ1) is 18.1. The highest BCUT2D eigenvalue weighted by atomic mass is 32.2. The molecule has 1 aliphatic rings. The van der Waals surface area contributed by atoms with Gasteiger partial charge in [-0.25, -0.2) is 8.42 Å². The van der Waals surface area contributed by atoms with Crippen molar-refractivity contribution in [2.24, 2.45) is 0 Å². The molecule has 2 heterocycles. The maximum absolute atomic E-state index is 13.5. The molecule has 0 bridgehead atoms. The number of rotatable bonds is 5. The molecule has 0 aliphatic carbocycles. The maximum Gasteiger partial charge on any atom is 0.247 e. The van der Waals surface area contributed by atoms with Crippen LogP contribution in [0.2, 0.25) is 0 Å². The predicted molar refractivity (Wildman–Crippen MR) is 99.9 cm³/mol. The number of aromatic nitrogens is 2. The molecule has 1 fully saturated rings. The Morgan fingerprint density at radius 2 is 1.92 bits per heavy atom. The highest BCUT2D eigenvalue weighted by molar-refractivity contribution is 7.89. The van der Waals surface area contributed by atoms with Gasteiger partial charge in [0.05, 0.1) is 0 Å². The van der Waals surface area contributed by atoms with Gasteiger partial charge in [0.1, 0.15) is 10.6 Å². The number of nitrogens with zero attached hydrogens (tertiary/aromatic N) is 3. The minimum atomic E-state index is -3.56. The first-order valence-corrected chi connectivity index (χ1v) is 10.6. The van der Waals surface area contributed by atoms with Crippen LogP contribution in [0.4, 0.5) is 0 Å². The van der Waals surface area contributed by atoms with E-state index in [-0.39, 0.29) is 12.1 Å². The van der Waals surface area contributed by atoms with Gasteiger partial charge >= 0.3 is 0 Å². The van der Waals surface area contributed by atoms with Crippen LogP contribution in [-0.2, 0) is 10.0 Å². The molecule has 0 spiro atoms. The summed E-state index contributed by atoms with van der Waals surface area (Å²) >= 11 is 0. The van der Waals surface area contributed by atoms with Gasteiger partial charge in [0.2, 0.25) is 10.0 Å². The molecule has 1 aromatic heterocycles. The van der Waals surface area contributed by atoms with Crippen LogP contribution < -0.4 is 0 Å². The average Bonchev–Trinajstić information content (AvgIpc) is 3.09. The molecule has 0 amide bonds. The lowest BCUT2D eigenvalue weighted by atomic mass is 10.0. The Labute approximate surface area is 150 Å². The fourth-order valence-electron chi connectivity index (χ4n) is 3.45. The Morgan fingerprint density at radius 1 is 1.20 bits per heavy atom. The minimum Gasteiger partial charge on any atom is -0.268 e. The molecule has 1 atom stereocenters. The Balaban J connectivity index is 2.11. The lowest BCUT2D eigenvalue weighted by Crippen LogP contribution is -2.43. The van der Waals surface area contributed by atoms with Crippen molar-refractivity contribution in [3.63, 3.8) is 0 Å². The molecule has 5 nitrogen and oxygen atoms in total. The van der Waals surface area contributed by atoms with Gasteiger partial charge in [-0.15, -0.1) is 0 Å². The largest absolute Gasteiger partial charge is 0.268 e. The zero-order chi connectivity index (χ0) is 18.0. The second kappa shape index (κ2) is 7.30. The Kier molecular flexibility index (Phi) is 5.29. The number of hydrogen-bond donors (Lipinski definition) is 0. The number of hydrogen-bond acceptors (Lipinski definition) is 3. The van der Waals surface area contributed by atoms with E-state index in [2.05, 4.69) is 12.0 Å². The molecule has 25 heavy (non-hydrogen) atoms. The first-order chi connectivity index (χ1) is 11.9.